The maximum Gasteiger partial charge on any atom is 0.0524 e. The van der Waals surface area contributed by atoms with Gasteiger partial charge in [0.25, 0.3) is 0 Å². The Hall–Kier alpha value is -0.0431. The van der Waals surface area contributed by atoms with Gasteiger partial charge in [-0.1, -0.05) is 52.1 Å². The van der Waals surface area contributed by atoms with Crippen molar-refractivity contribution in [1.29, 1.82) is 0 Å². The molecule has 0 amide bonds. The van der Waals surface area contributed by atoms with E-state index in [0.29, 0.717) is 10.5 Å². The summed E-state index contributed by atoms with van der Waals surface area (Å²) < 4.78 is 0. The average Bonchev–Trinajstić information content (AvgIpc) is 2.01. The molecule has 0 radical (unpaired) electrons. The molecule has 0 aromatic heterocycles. The smallest absolute Gasteiger partial charge is 0.0524 e. The first kappa shape index (κ1) is 10.5. The molecule has 0 aliphatic heterocycles. The van der Waals surface area contributed by atoms with E-state index in [1.165, 1.54) is 12.8 Å². The Balaban J connectivity index is 2.50. The third-order valence-corrected chi connectivity index (χ3v) is 9.26. The zero-order valence-corrected chi connectivity index (χ0v) is 11.6. The van der Waals surface area contributed by atoms with Crippen molar-refractivity contribution in [2.75, 3.05) is 0 Å². The summed E-state index contributed by atoms with van der Waals surface area (Å²) in [5.41, 5.74) is 2.26. The van der Waals surface area contributed by atoms with Crippen LogP contribution in [0.4, 0.5) is 0 Å². The lowest BCUT2D eigenvalue weighted by atomic mass is 9.50. The van der Waals surface area contributed by atoms with E-state index in [0.717, 1.165) is 5.92 Å². The summed E-state index contributed by atoms with van der Waals surface area (Å²) in [5, 5.41) is 0.685. The summed E-state index contributed by atoms with van der Waals surface area (Å²) in [5.74, 6) is 0.904. The van der Waals surface area contributed by atoms with E-state index in [1.54, 1.807) is 5.57 Å². The number of hydrogen-bond donors (Lipinski definition) is 0. The minimum absolute atomic E-state index is 0.509. The Kier molecular flexibility index (Phi) is 1.91. The average molecular weight is 208 g/mol. The van der Waals surface area contributed by atoms with Gasteiger partial charge in [-0.3, -0.25) is 0 Å². The molecule has 0 nitrogen and oxygen atoms in total. The standard InChI is InChI=1S/C13H24Si/c1-10-7-8-11-9-13(10,12(11,2)3)14(4,5)6/h8,10H,7,9H2,1-6H3. The van der Waals surface area contributed by atoms with Crippen LogP contribution in [-0.4, -0.2) is 8.07 Å². The highest BCUT2D eigenvalue weighted by molar-refractivity contribution is 6.79. The Morgan fingerprint density at radius 3 is 2.14 bits per heavy atom. The summed E-state index contributed by atoms with van der Waals surface area (Å²) >= 11 is 0. The molecule has 0 heterocycles. The second-order valence-electron chi connectivity index (χ2n) is 6.89. The molecule has 2 atom stereocenters. The topological polar surface area (TPSA) is 0 Å². The van der Waals surface area contributed by atoms with Gasteiger partial charge in [-0.05, 0) is 29.2 Å². The molecule has 0 spiro atoms. The molecular formula is C13H24Si. The molecule has 14 heavy (non-hydrogen) atoms. The van der Waals surface area contributed by atoms with Crippen molar-refractivity contribution < 1.29 is 0 Å². The SMILES string of the molecule is CC1CC=C2CC1([Si](C)(C)C)C2(C)C. The van der Waals surface area contributed by atoms with E-state index in [1.807, 2.05) is 0 Å². The Morgan fingerprint density at radius 1 is 1.29 bits per heavy atom. The number of fused-ring (bicyclic) bond motifs is 2. The van der Waals surface area contributed by atoms with Crippen LogP contribution < -0.4 is 0 Å². The first-order valence-corrected chi connectivity index (χ1v) is 9.43. The molecule has 1 heteroatoms. The maximum absolute atomic E-state index is 2.56. The van der Waals surface area contributed by atoms with Gasteiger partial charge >= 0.3 is 0 Å². The molecular weight excluding hydrogens is 184 g/mol. The molecule has 2 unspecified atom stereocenters. The fourth-order valence-corrected chi connectivity index (χ4v) is 8.85. The van der Waals surface area contributed by atoms with Crippen molar-refractivity contribution in [3.05, 3.63) is 11.6 Å². The highest BCUT2D eigenvalue weighted by Crippen LogP contribution is 2.76. The fourth-order valence-electron chi connectivity index (χ4n) is 4.50. The second-order valence-corrected chi connectivity index (χ2v) is 12.3. The van der Waals surface area contributed by atoms with E-state index in [4.69, 9.17) is 0 Å². The normalized spacial score (nSPS) is 40.1. The van der Waals surface area contributed by atoms with Crippen LogP contribution in [0.3, 0.4) is 0 Å². The Morgan fingerprint density at radius 2 is 1.86 bits per heavy atom. The van der Waals surface area contributed by atoms with Crippen LogP contribution in [0.5, 0.6) is 0 Å². The van der Waals surface area contributed by atoms with E-state index >= 15 is 0 Å². The van der Waals surface area contributed by atoms with E-state index < -0.39 is 8.07 Å². The fraction of sp³-hybridized carbons (Fsp3) is 0.846. The van der Waals surface area contributed by atoms with Crippen LogP contribution >= 0.6 is 0 Å². The van der Waals surface area contributed by atoms with Crippen molar-refractivity contribution in [3.63, 3.8) is 0 Å². The van der Waals surface area contributed by atoms with Crippen LogP contribution in [0, 0.1) is 11.3 Å². The minimum Gasteiger partial charge on any atom is -0.0845 e. The minimum atomic E-state index is -1.05. The molecule has 80 valence electrons. The molecule has 0 aromatic carbocycles. The highest BCUT2D eigenvalue weighted by atomic mass is 28.3. The lowest BCUT2D eigenvalue weighted by Gasteiger charge is -2.69. The zero-order valence-electron chi connectivity index (χ0n) is 10.6. The summed E-state index contributed by atoms with van der Waals surface area (Å²) in [6.45, 7) is 15.1. The summed E-state index contributed by atoms with van der Waals surface area (Å²) in [4.78, 5) is 0. The monoisotopic (exact) mass is 208 g/mol. The van der Waals surface area contributed by atoms with Crippen molar-refractivity contribution >= 4 is 8.07 Å². The highest BCUT2D eigenvalue weighted by Gasteiger charge is 2.65. The van der Waals surface area contributed by atoms with Crippen molar-refractivity contribution in [1.82, 2.24) is 0 Å². The molecule has 0 saturated heterocycles. The predicted molar refractivity (Wildman–Crippen MR) is 66.3 cm³/mol. The number of hydrogen-bond acceptors (Lipinski definition) is 0. The molecule has 1 fully saturated rings. The molecule has 3 rings (SSSR count). The lowest BCUT2D eigenvalue weighted by Crippen LogP contribution is -2.61. The van der Waals surface area contributed by atoms with Gasteiger partial charge in [-0.2, -0.15) is 0 Å². The third kappa shape index (κ3) is 0.899. The first-order chi connectivity index (χ1) is 6.23. The van der Waals surface area contributed by atoms with Crippen molar-refractivity contribution in [2.45, 2.75) is 58.3 Å². The molecule has 1 saturated carbocycles. The second kappa shape index (κ2) is 2.55. The van der Waals surface area contributed by atoms with Crippen molar-refractivity contribution in [2.24, 2.45) is 11.3 Å². The maximum atomic E-state index is 2.56. The predicted octanol–water partition coefficient (Wildman–Crippen LogP) is 4.46. The van der Waals surface area contributed by atoms with Crippen LogP contribution in [0.1, 0.15) is 33.6 Å². The van der Waals surface area contributed by atoms with Gasteiger partial charge in [0.15, 0.2) is 0 Å². The summed E-state index contributed by atoms with van der Waals surface area (Å²) in [7, 11) is -1.05. The number of rotatable bonds is 1. The van der Waals surface area contributed by atoms with Crippen molar-refractivity contribution in [3.8, 4) is 0 Å². The van der Waals surface area contributed by atoms with Crippen LogP contribution in [0.25, 0.3) is 0 Å². The van der Waals surface area contributed by atoms with Gasteiger partial charge in [0.2, 0.25) is 0 Å². The van der Waals surface area contributed by atoms with E-state index in [9.17, 15) is 0 Å². The third-order valence-electron chi connectivity index (χ3n) is 5.28. The largest absolute Gasteiger partial charge is 0.0845 e. The van der Waals surface area contributed by atoms with E-state index in [-0.39, 0.29) is 0 Å². The lowest BCUT2D eigenvalue weighted by molar-refractivity contribution is 0.0970. The molecule has 3 aliphatic carbocycles. The summed E-state index contributed by atoms with van der Waals surface area (Å²) in [6.07, 6.45) is 5.27. The van der Waals surface area contributed by atoms with Crippen LogP contribution in [0.15, 0.2) is 11.6 Å². The number of allylic oxidation sites excluding steroid dienone is 2. The van der Waals surface area contributed by atoms with Gasteiger partial charge in [-0.25, -0.2) is 0 Å². The van der Waals surface area contributed by atoms with Gasteiger partial charge in [0, 0.05) is 0 Å². The Bertz CT molecular complexity index is 293. The van der Waals surface area contributed by atoms with E-state index in [2.05, 4.69) is 46.5 Å². The molecule has 3 aliphatic rings. The quantitative estimate of drug-likeness (QED) is 0.441. The first-order valence-electron chi connectivity index (χ1n) is 5.93. The Labute approximate surface area is 89.8 Å². The van der Waals surface area contributed by atoms with Gasteiger partial charge in [0.1, 0.15) is 0 Å². The molecule has 2 bridgehead atoms. The van der Waals surface area contributed by atoms with Gasteiger partial charge < -0.3 is 0 Å². The van der Waals surface area contributed by atoms with Crippen LogP contribution in [-0.2, 0) is 0 Å². The van der Waals surface area contributed by atoms with Gasteiger partial charge in [0.05, 0.1) is 8.07 Å². The summed E-state index contributed by atoms with van der Waals surface area (Å²) in [6, 6.07) is 0. The van der Waals surface area contributed by atoms with Gasteiger partial charge in [-0.15, -0.1) is 0 Å². The van der Waals surface area contributed by atoms with Crippen LogP contribution in [0.2, 0.25) is 24.7 Å². The zero-order chi connectivity index (χ0) is 10.8. The molecule has 0 N–H and O–H groups in total. The molecule has 0 aromatic rings.